The summed E-state index contributed by atoms with van der Waals surface area (Å²) in [5.74, 6) is 1.40. The van der Waals surface area contributed by atoms with Gasteiger partial charge in [-0.2, -0.15) is 4.37 Å². The van der Waals surface area contributed by atoms with Crippen molar-refractivity contribution in [2.24, 2.45) is 5.92 Å². The average molecular weight is 213 g/mol. The molecule has 0 radical (unpaired) electrons. The van der Waals surface area contributed by atoms with Crippen molar-refractivity contribution in [2.75, 3.05) is 24.6 Å². The Morgan fingerprint density at radius 3 is 3.00 bits per heavy atom. The summed E-state index contributed by atoms with van der Waals surface area (Å²) in [4.78, 5) is 6.62. The standard InChI is InChI=1S/C9H15N3OS/c1-2-3-8-10-9(14-11-8)12-4-7(5-12)6-13/h7,13H,2-6H2,1H3. The molecule has 1 saturated heterocycles. The maximum absolute atomic E-state index is 8.88. The quantitative estimate of drug-likeness (QED) is 0.808. The molecule has 78 valence electrons. The van der Waals surface area contributed by atoms with E-state index in [-0.39, 0.29) is 6.61 Å². The van der Waals surface area contributed by atoms with Crippen LogP contribution in [0.5, 0.6) is 0 Å². The van der Waals surface area contributed by atoms with Crippen LogP contribution in [0.1, 0.15) is 19.2 Å². The van der Waals surface area contributed by atoms with Gasteiger partial charge in [0.1, 0.15) is 5.82 Å². The molecule has 0 atom stereocenters. The zero-order chi connectivity index (χ0) is 9.97. The van der Waals surface area contributed by atoms with Crippen molar-refractivity contribution in [2.45, 2.75) is 19.8 Å². The monoisotopic (exact) mass is 213 g/mol. The van der Waals surface area contributed by atoms with E-state index in [2.05, 4.69) is 21.2 Å². The lowest BCUT2D eigenvalue weighted by atomic mass is 10.0. The molecule has 5 heteroatoms. The second-order valence-electron chi connectivity index (χ2n) is 3.70. The average Bonchev–Trinajstić information content (AvgIpc) is 2.52. The predicted molar refractivity (Wildman–Crippen MR) is 56.7 cm³/mol. The fourth-order valence-corrected chi connectivity index (χ4v) is 2.27. The van der Waals surface area contributed by atoms with Gasteiger partial charge < -0.3 is 10.0 Å². The van der Waals surface area contributed by atoms with Gasteiger partial charge in [0.25, 0.3) is 0 Å². The fourth-order valence-electron chi connectivity index (χ4n) is 1.54. The molecule has 0 bridgehead atoms. The molecule has 0 aliphatic carbocycles. The smallest absolute Gasteiger partial charge is 0.205 e. The highest BCUT2D eigenvalue weighted by atomic mass is 32.1. The van der Waals surface area contributed by atoms with Crippen molar-refractivity contribution < 1.29 is 5.11 Å². The van der Waals surface area contributed by atoms with Crippen molar-refractivity contribution >= 4 is 16.7 Å². The summed E-state index contributed by atoms with van der Waals surface area (Å²) in [7, 11) is 0. The van der Waals surface area contributed by atoms with Gasteiger partial charge in [0.15, 0.2) is 0 Å². The van der Waals surface area contributed by atoms with Gasteiger partial charge in [-0.25, -0.2) is 4.98 Å². The summed E-state index contributed by atoms with van der Waals surface area (Å²) in [6.07, 6.45) is 2.06. The van der Waals surface area contributed by atoms with Crippen LogP contribution in [-0.4, -0.2) is 34.2 Å². The third-order valence-corrected chi connectivity index (χ3v) is 3.23. The van der Waals surface area contributed by atoms with Crippen LogP contribution in [0.25, 0.3) is 0 Å². The molecule has 14 heavy (non-hydrogen) atoms. The third-order valence-electron chi connectivity index (χ3n) is 2.42. The van der Waals surface area contributed by atoms with E-state index in [0.717, 1.165) is 36.9 Å². The maximum atomic E-state index is 8.88. The number of anilines is 1. The first-order valence-electron chi connectivity index (χ1n) is 5.02. The fraction of sp³-hybridized carbons (Fsp3) is 0.778. The van der Waals surface area contributed by atoms with Crippen molar-refractivity contribution in [3.05, 3.63) is 5.82 Å². The van der Waals surface area contributed by atoms with E-state index in [1.54, 1.807) is 0 Å². The molecule has 2 heterocycles. The van der Waals surface area contributed by atoms with E-state index in [1.807, 2.05) is 0 Å². The first-order chi connectivity index (χ1) is 6.83. The molecular weight excluding hydrogens is 198 g/mol. The van der Waals surface area contributed by atoms with Gasteiger partial charge in [-0.3, -0.25) is 0 Å². The Morgan fingerprint density at radius 2 is 2.36 bits per heavy atom. The number of aromatic nitrogens is 2. The highest BCUT2D eigenvalue weighted by Gasteiger charge is 2.28. The number of hydrogen-bond donors (Lipinski definition) is 1. The Labute approximate surface area is 87.8 Å². The molecule has 0 unspecified atom stereocenters. The highest BCUT2D eigenvalue weighted by molar-refractivity contribution is 7.09. The normalized spacial score (nSPS) is 17.1. The van der Waals surface area contributed by atoms with Gasteiger partial charge in [0, 0.05) is 43.6 Å². The summed E-state index contributed by atoms with van der Waals surface area (Å²) in [6.45, 7) is 4.28. The van der Waals surface area contributed by atoms with Gasteiger partial charge >= 0.3 is 0 Å². The number of nitrogens with zero attached hydrogens (tertiary/aromatic N) is 3. The molecule has 0 spiro atoms. The zero-order valence-electron chi connectivity index (χ0n) is 8.31. The summed E-state index contributed by atoms with van der Waals surface area (Å²) in [6, 6.07) is 0. The largest absolute Gasteiger partial charge is 0.396 e. The molecule has 0 saturated carbocycles. The van der Waals surface area contributed by atoms with Gasteiger partial charge in [-0.1, -0.05) is 6.92 Å². The van der Waals surface area contributed by atoms with Crippen LogP contribution >= 0.6 is 11.5 Å². The Morgan fingerprint density at radius 1 is 1.57 bits per heavy atom. The Hall–Kier alpha value is -0.680. The lowest BCUT2D eigenvalue weighted by molar-refractivity contribution is 0.200. The molecule has 1 aromatic rings. The summed E-state index contributed by atoms with van der Waals surface area (Å²) in [5, 5.41) is 9.89. The molecule has 4 nitrogen and oxygen atoms in total. The van der Waals surface area contributed by atoms with Crippen LogP contribution in [-0.2, 0) is 6.42 Å². The molecule has 1 aliphatic heterocycles. The van der Waals surface area contributed by atoms with E-state index in [0.29, 0.717) is 5.92 Å². The van der Waals surface area contributed by atoms with E-state index < -0.39 is 0 Å². The zero-order valence-corrected chi connectivity index (χ0v) is 9.13. The number of hydrogen-bond acceptors (Lipinski definition) is 5. The minimum atomic E-state index is 0.289. The summed E-state index contributed by atoms with van der Waals surface area (Å²) >= 11 is 1.47. The number of aliphatic hydroxyl groups is 1. The topological polar surface area (TPSA) is 49.2 Å². The Balaban J connectivity index is 1.91. The molecule has 1 aromatic heterocycles. The van der Waals surface area contributed by atoms with Crippen LogP contribution in [0.2, 0.25) is 0 Å². The number of aryl methyl sites for hydroxylation is 1. The van der Waals surface area contributed by atoms with Crippen molar-refractivity contribution in [1.82, 2.24) is 9.36 Å². The van der Waals surface area contributed by atoms with E-state index >= 15 is 0 Å². The number of aliphatic hydroxyl groups excluding tert-OH is 1. The van der Waals surface area contributed by atoms with Crippen molar-refractivity contribution in [1.29, 1.82) is 0 Å². The number of rotatable bonds is 4. The van der Waals surface area contributed by atoms with Gasteiger partial charge in [0.05, 0.1) is 0 Å². The first-order valence-corrected chi connectivity index (χ1v) is 5.79. The van der Waals surface area contributed by atoms with E-state index in [4.69, 9.17) is 5.11 Å². The van der Waals surface area contributed by atoms with Crippen molar-refractivity contribution in [3.8, 4) is 0 Å². The van der Waals surface area contributed by atoms with Crippen LogP contribution in [0.15, 0.2) is 0 Å². The second kappa shape index (κ2) is 4.23. The van der Waals surface area contributed by atoms with Crippen LogP contribution in [0, 0.1) is 5.92 Å². The Bertz CT molecular complexity index is 296. The molecule has 2 rings (SSSR count). The molecule has 1 N–H and O–H groups in total. The lowest BCUT2D eigenvalue weighted by Gasteiger charge is -2.37. The van der Waals surface area contributed by atoms with Crippen LogP contribution in [0.4, 0.5) is 5.13 Å². The summed E-state index contributed by atoms with van der Waals surface area (Å²) in [5.41, 5.74) is 0. The minimum Gasteiger partial charge on any atom is -0.396 e. The third kappa shape index (κ3) is 1.88. The molecular formula is C9H15N3OS. The molecule has 1 fully saturated rings. The van der Waals surface area contributed by atoms with Crippen molar-refractivity contribution in [3.63, 3.8) is 0 Å². The minimum absolute atomic E-state index is 0.289. The van der Waals surface area contributed by atoms with E-state index in [9.17, 15) is 0 Å². The highest BCUT2D eigenvalue weighted by Crippen LogP contribution is 2.25. The van der Waals surface area contributed by atoms with Gasteiger partial charge in [0.2, 0.25) is 5.13 Å². The second-order valence-corrected chi connectivity index (χ2v) is 4.43. The van der Waals surface area contributed by atoms with Gasteiger partial charge in [-0.05, 0) is 6.42 Å². The SMILES string of the molecule is CCCc1nsc(N2CC(CO)C2)n1. The van der Waals surface area contributed by atoms with E-state index in [1.165, 1.54) is 11.5 Å². The molecule has 0 aromatic carbocycles. The first kappa shape index (κ1) is 9.86. The van der Waals surface area contributed by atoms with Gasteiger partial charge in [-0.15, -0.1) is 0 Å². The lowest BCUT2D eigenvalue weighted by Crippen LogP contribution is -2.48. The Kier molecular flexibility index (Phi) is 2.98. The molecule has 1 aliphatic rings. The predicted octanol–water partition coefficient (Wildman–Crippen LogP) is 0.919. The van der Waals surface area contributed by atoms with Crippen LogP contribution in [0.3, 0.4) is 0 Å². The molecule has 0 amide bonds. The maximum Gasteiger partial charge on any atom is 0.205 e. The van der Waals surface area contributed by atoms with Crippen LogP contribution < -0.4 is 4.90 Å². The summed E-state index contributed by atoms with van der Waals surface area (Å²) < 4.78 is 4.29.